The molecule has 464 valence electrons. The minimum absolute atomic E-state index is 0.246. The first-order chi connectivity index (χ1) is 38.7. The number of aliphatic hydroxyl groups is 7. The van der Waals surface area contributed by atoms with Crippen molar-refractivity contribution in [2.24, 2.45) is 0 Å². The van der Waals surface area contributed by atoms with E-state index >= 15 is 0 Å². The Morgan fingerprint density at radius 2 is 0.797 bits per heavy atom. The molecular formula is C68H127NO10. The van der Waals surface area contributed by atoms with Gasteiger partial charge in [-0.2, -0.15) is 0 Å². The second kappa shape index (κ2) is 56.5. The number of unbranched alkanes of at least 4 members (excludes halogenated alkanes) is 38. The normalized spacial score (nSPS) is 19.6. The summed E-state index contributed by atoms with van der Waals surface area (Å²) < 4.78 is 11.2. The van der Waals surface area contributed by atoms with Gasteiger partial charge in [-0.25, -0.2) is 0 Å². The fourth-order valence-corrected chi connectivity index (χ4v) is 10.7. The Kier molecular flexibility index (Phi) is 53.7. The van der Waals surface area contributed by atoms with E-state index in [9.17, 15) is 40.5 Å². The largest absolute Gasteiger partial charge is 0.394 e. The number of nitrogens with one attached hydrogen (secondary N) is 1. The van der Waals surface area contributed by atoms with Gasteiger partial charge in [0.1, 0.15) is 36.6 Å². The van der Waals surface area contributed by atoms with Crippen molar-refractivity contribution in [2.75, 3.05) is 13.2 Å². The number of hydrogen-bond acceptors (Lipinski definition) is 10. The molecule has 0 aromatic heterocycles. The Labute approximate surface area is 485 Å². The van der Waals surface area contributed by atoms with Gasteiger partial charge in [0.25, 0.3) is 0 Å². The van der Waals surface area contributed by atoms with Crippen molar-refractivity contribution in [3.63, 3.8) is 0 Å². The molecule has 9 unspecified atom stereocenters. The number of carbonyl (C=O) groups is 1. The first-order valence-corrected chi connectivity index (χ1v) is 33.5. The standard InChI is InChI=1S/C68H127NO10/c1-3-5-7-9-11-13-15-17-19-21-23-25-27-28-29-30-31-32-33-34-36-38-40-42-44-46-48-50-52-54-56-61(72)67(77)69-59(58-78-68-66(76)65(75)64(74)62(57-70)79-68)63(73)60(71)55-53-51-49-47-45-43-41-39-37-35-26-24-22-20-18-16-14-12-10-8-6-4-2/h23,25,28-29,39,41,47,49,59-66,68,70-76H,3-22,24,26-27,30-38,40,42-46,48,50-58H2,1-2H3,(H,69,77)/b25-23-,29-28-,41-39+,49-47+. The molecule has 1 heterocycles. The molecule has 8 N–H and O–H groups in total. The van der Waals surface area contributed by atoms with Crippen molar-refractivity contribution < 1.29 is 50.0 Å². The third-order valence-corrected chi connectivity index (χ3v) is 16.1. The van der Waals surface area contributed by atoms with E-state index in [1.807, 2.05) is 0 Å². The Hall–Kier alpha value is -1.93. The number of hydrogen-bond donors (Lipinski definition) is 8. The molecule has 11 heteroatoms. The van der Waals surface area contributed by atoms with Gasteiger partial charge in [-0.15, -0.1) is 0 Å². The van der Waals surface area contributed by atoms with Gasteiger partial charge in [0.15, 0.2) is 6.29 Å². The Morgan fingerprint density at radius 1 is 0.443 bits per heavy atom. The van der Waals surface area contributed by atoms with Gasteiger partial charge in [-0.1, -0.05) is 274 Å². The SMILES string of the molecule is CCCCCCCCCCC/C=C\C/C=C\CCCCCCCCCCCCCCCCC(O)C(=O)NC(COC1OC(CO)C(O)C(O)C1O)C(O)C(O)CCC/C=C/CC/C=C/CCCCCCCCCCCCCCC. The lowest BCUT2D eigenvalue weighted by molar-refractivity contribution is -0.303. The molecule has 1 amide bonds. The molecule has 1 aliphatic heterocycles. The molecule has 79 heavy (non-hydrogen) atoms. The lowest BCUT2D eigenvalue weighted by Gasteiger charge is -2.40. The molecular weight excluding hydrogens is 991 g/mol. The minimum Gasteiger partial charge on any atom is -0.394 e. The Bertz CT molecular complexity index is 1420. The Morgan fingerprint density at radius 3 is 1.20 bits per heavy atom. The molecule has 0 aromatic carbocycles. The van der Waals surface area contributed by atoms with Crippen LogP contribution < -0.4 is 5.32 Å². The second-order valence-corrected chi connectivity index (χ2v) is 23.5. The molecule has 0 spiro atoms. The van der Waals surface area contributed by atoms with Crippen LogP contribution >= 0.6 is 0 Å². The van der Waals surface area contributed by atoms with E-state index in [4.69, 9.17) is 9.47 Å². The summed E-state index contributed by atoms with van der Waals surface area (Å²) in [4.78, 5) is 13.2. The quantitative estimate of drug-likeness (QED) is 0.0215. The average molecular weight is 1120 g/mol. The predicted molar refractivity (Wildman–Crippen MR) is 330 cm³/mol. The fraction of sp³-hybridized carbons (Fsp3) is 0.868. The summed E-state index contributed by atoms with van der Waals surface area (Å²) in [5.74, 6) is -0.708. The van der Waals surface area contributed by atoms with Gasteiger partial charge >= 0.3 is 0 Å². The van der Waals surface area contributed by atoms with Gasteiger partial charge in [-0.3, -0.25) is 4.79 Å². The summed E-state index contributed by atoms with van der Waals surface area (Å²) in [7, 11) is 0. The number of ether oxygens (including phenoxy) is 2. The molecule has 1 aliphatic rings. The van der Waals surface area contributed by atoms with E-state index in [-0.39, 0.29) is 12.8 Å². The molecule has 0 saturated carbocycles. The molecule has 0 aromatic rings. The number of amides is 1. The zero-order valence-electron chi connectivity index (χ0n) is 51.1. The molecule has 1 saturated heterocycles. The minimum atomic E-state index is -1.67. The molecule has 9 atom stereocenters. The van der Waals surface area contributed by atoms with E-state index in [0.717, 1.165) is 44.9 Å². The highest BCUT2D eigenvalue weighted by Crippen LogP contribution is 2.24. The van der Waals surface area contributed by atoms with Crippen molar-refractivity contribution in [1.29, 1.82) is 0 Å². The zero-order valence-corrected chi connectivity index (χ0v) is 51.1. The van der Waals surface area contributed by atoms with Crippen molar-refractivity contribution in [1.82, 2.24) is 5.32 Å². The van der Waals surface area contributed by atoms with Crippen molar-refractivity contribution in [2.45, 2.75) is 364 Å². The molecule has 0 bridgehead atoms. The van der Waals surface area contributed by atoms with E-state index in [1.54, 1.807) is 0 Å². The number of aliphatic hydroxyl groups excluding tert-OH is 7. The van der Waals surface area contributed by atoms with Crippen LogP contribution in [0.2, 0.25) is 0 Å². The van der Waals surface area contributed by atoms with E-state index in [0.29, 0.717) is 19.3 Å². The number of carbonyl (C=O) groups excluding carboxylic acids is 1. The third kappa shape index (κ3) is 44.3. The highest BCUT2D eigenvalue weighted by Gasteiger charge is 2.44. The summed E-state index contributed by atoms with van der Waals surface area (Å²) in [6.45, 7) is 3.47. The van der Waals surface area contributed by atoms with Crippen LogP contribution in [0.5, 0.6) is 0 Å². The fourth-order valence-electron chi connectivity index (χ4n) is 10.7. The topological polar surface area (TPSA) is 189 Å². The van der Waals surface area contributed by atoms with Crippen molar-refractivity contribution in [3.8, 4) is 0 Å². The molecule has 1 rings (SSSR count). The third-order valence-electron chi connectivity index (χ3n) is 16.1. The van der Waals surface area contributed by atoms with Gasteiger partial charge < -0.3 is 50.5 Å². The summed E-state index contributed by atoms with van der Waals surface area (Å²) in [5.41, 5.74) is 0. The monoisotopic (exact) mass is 1120 g/mol. The highest BCUT2D eigenvalue weighted by atomic mass is 16.7. The van der Waals surface area contributed by atoms with Crippen LogP contribution in [0.15, 0.2) is 48.6 Å². The lowest BCUT2D eigenvalue weighted by atomic mass is 9.98. The first kappa shape index (κ1) is 75.1. The van der Waals surface area contributed by atoms with E-state index in [1.165, 1.54) is 218 Å². The molecule has 1 fully saturated rings. The van der Waals surface area contributed by atoms with Crippen LogP contribution in [0.1, 0.15) is 309 Å². The van der Waals surface area contributed by atoms with Crippen LogP contribution in [0, 0.1) is 0 Å². The summed E-state index contributed by atoms with van der Waals surface area (Å²) in [5, 5.41) is 76.4. The van der Waals surface area contributed by atoms with Crippen molar-refractivity contribution in [3.05, 3.63) is 48.6 Å². The van der Waals surface area contributed by atoms with Crippen LogP contribution in [-0.4, -0.2) is 110 Å². The number of allylic oxidation sites excluding steroid dienone is 8. The number of rotatable bonds is 58. The van der Waals surface area contributed by atoms with Gasteiger partial charge in [0.05, 0.1) is 25.4 Å². The zero-order chi connectivity index (χ0) is 57.5. The molecule has 0 aliphatic carbocycles. The van der Waals surface area contributed by atoms with Gasteiger partial charge in [0.2, 0.25) is 5.91 Å². The maximum absolute atomic E-state index is 13.2. The first-order valence-electron chi connectivity index (χ1n) is 33.5. The summed E-state index contributed by atoms with van der Waals surface area (Å²) >= 11 is 0. The van der Waals surface area contributed by atoms with Crippen LogP contribution in [0.4, 0.5) is 0 Å². The lowest BCUT2D eigenvalue weighted by Crippen LogP contribution is -2.60. The average Bonchev–Trinajstić information content (AvgIpc) is 3.46. The second-order valence-electron chi connectivity index (χ2n) is 23.5. The van der Waals surface area contributed by atoms with Crippen LogP contribution in [-0.2, 0) is 14.3 Å². The van der Waals surface area contributed by atoms with Crippen molar-refractivity contribution >= 4 is 5.91 Å². The maximum Gasteiger partial charge on any atom is 0.249 e. The van der Waals surface area contributed by atoms with Crippen LogP contribution in [0.3, 0.4) is 0 Å². The van der Waals surface area contributed by atoms with Gasteiger partial charge in [-0.05, 0) is 83.5 Å². The predicted octanol–water partition coefficient (Wildman–Crippen LogP) is 15.6. The van der Waals surface area contributed by atoms with Gasteiger partial charge in [0, 0.05) is 0 Å². The summed E-state index contributed by atoms with van der Waals surface area (Å²) in [6.07, 6.45) is 61.8. The maximum atomic E-state index is 13.2. The van der Waals surface area contributed by atoms with E-state index < -0.39 is 74.2 Å². The van der Waals surface area contributed by atoms with Crippen LogP contribution in [0.25, 0.3) is 0 Å². The highest BCUT2D eigenvalue weighted by molar-refractivity contribution is 5.80. The smallest absolute Gasteiger partial charge is 0.249 e. The molecule has 0 radical (unpaired) electrons. The van der Waals surface area contributed by atoms with E-state index in [2.05, 4.69) is 67.8 Å². The Balaban J connectivity index is 2.25. The molecule has 11 nitrogen and oxygen atoms in total. The summed E-state index contributed by atoms with van der Waals surface area (Å²) in [6, 6.07) is -1.19.